The van der Waals surface area contributed by atoms with Crippen LogP contribution in [-0.4, -0.2) is 23.7 Å². The van der Waals surface area contributed by atoms with Gasteiger partial charge in [-0.2, -0.15) is 0 Å². The Kier molecular flexibility index (Phi) is 7.25. The third-order valence-electron chi connectivity index (χ3n) is 5.13. The minimum absolute atomic E-state index is 0.0130. The summed E-state index contributed by atoms with van der Waals surface area (Å²) in [5, 5.41) is 15.4. The number of benzene rings is 3. The number of fused-ring (bicyclic) bond motifs is 1. The van der Waals surface area contributed by atoms with Crippen LogP contribution in [0.4, 0.5) is 0 Å². The van der Waals surface area contributed by atoms with Crippen molar-refractivity contribution in [3.8, 4) is 11.5 Å². The molecule has 4 nitrogen and oxygen atoms in total. The van der Waals surface area contributed by atoms with Gasteiger partial charge in [-0.25, -0.2) is 0 Å². The van der Waals surface area contributed by atoms with Gasteiger partial charge in [0, 0.05) is 17.8 Å². The van der Waals surface area contributed by atoms with E-state index in [1.807, 2.05) is 24.3 Å². The molecule has 3 aromatic rings. The van der Waals surface area contributed by atoms with E-state index in [4.69, 9.17) is 4.74 Å². The van der Waals surface area contributed by atoms with Crippen molar-refractivity contribution < 1.29 is 14.6 Å². The van der Waals surface area contributed by atoms with Gasteiger partial charge in [-0.3, -0.25) is 4.79 Å². The van der Waals surface area contributed by atoms with Crippen LogP contribution >= 0.6 is 0 Å². The first-order chi connectivity index (χ1) is 14.1. The predicted octanol–water partition coefficient (Wildman–Crippen LogP) is 5.01. The van der Waals surface area contributed by atoms with Crippen molar-refractivity contribution in [3.05, 3.63) is 71.8 Å². The summed E-state index contributed by atoms with van der Waals surface area (Å²) in [6.45, 7) is 4.86. The molecule has 1 atom stereocenters. The molecule has 0 radical (unpaired) electrons. The molecule has 0 bridgehead atoms. The Morgan fingerprint density at radius 1 is 1.03 bits per heavy atom. The van der Waals surface area contributed by atoms with Gasteiger partial charge < -0.3 is 15.2 Å². The molecule has 4 heteroatoms. The van der Waals surface area contributed by atoms with Crippen LogP contribution in [0.15, 0.2) is 60.7 Å². The minimum atomic E-state index is -0.356. The van der Waals surface area contributed by atoms with Gasteiger partial charge in [0.05, 0.1) is 0 Å². The zero-order chi connectivity index (χ0) is 20.6. The average molecular weight is 392 g/mol. The first-order valence-electron chi connectivity index (χ1n) is 10.3. The summed E-state index contributed by atoms with van der Waals surface area (Å²) in [7, 11) is 0. The Bertz CT molecular complexity index is 953. The van der Waals surface area contributed by atoms with Gasteiger partial charge in [0.2, 0.25) is 0 Å². The van der Waals surface area contributed by atoms with Crippen LogP contribution in [0, 0.1) is 0 Å². The molecular formula is C25H29NO3. The monoisotopic (exact) mass is 391 g/mol. The van der Waals surface area contributed by atoms with Crippen molar-refractivity contribution in [1.82, 2.24) is 5.32 Å². The van der Waals surface area contributed by atoms with E-state index in [1.54, 1.807) is 13.0 Å². The SMILES string of the molecule is CCC(=O)Oc1c(O)ccc2cc(CCNC(C)CCc3ccccc3)ccc12. The second-order valence-corrected chi connectivity index (χ2v) is 7.43. The van der Waals surface area contributed by atoms with E-state index in [1.165, 1.54) is 11.1 Å². The molecule has 0 aliphatic carbocycles. The van der Waals surface area contributed by atoms with Crippen LogP contribution in [0.2, 0.25) is 0 Å². The molecule has 0 spiro atoms. The molecule has 2 N–H and O–H groups in total. The van der Waals surface area contributed by atoms with Crippen LogP contribution in [0.5, 0.6) is 11.5 Å². The number of carbonyl (C=O) groups excluding carboxylic acids is 1. The molecule has 0 aliphatic rings. The number of nitrogens with one attached hydrogen (secondary N) is 1. The van der Waals surface area contributed by atoms with Crippen molar-refractivity contribution in [3.63, 3.8) is 0 Å². The maximum absolute atomic E-state index is 11.7. The number of esters is 1. The molecule has 3 aromatic carbocycles. The van der Waals surface area contributed by atoms with Gasteiger partial charge in [-0.1, -0.05) is 61.5 Å². The summed E-state index contributed by atoms with van der Waals surface area (Å²) < 4.78 is 5.32. The van der Waals surface area contributed by atoms with Gasteiger partial charge in [-0.05, 0) is 55.3 Å². The maximum Gasteiger partial charge on any atom is 0.311 e. The van der Waals surface area contributed by atoms with Crippen LogP contribution < -0.4 is 10.1 Å². The van der Waals surface area contributed by atoms with Crippen LogP contribution in [0.3, 0.4) is 0 Å². The summed E-state index contributed by atoms with van der Waals surface area (Å²) in [4.78, 5) is 11.7. The quantitative estimate of drug-likeness (QED) is 0.397. The highest BCUT2D eigenvalue weighted by molar-refractivity contribution is 5.93. The second-order valence-electron chi connectivity index (χ2n) is 7.43. The van der Waals surface area contributed by atoms with Gasteiger partial charge in [0.25, 0.3) is 0 Å². The topological polar surface area (TPSA) is 58.6 Å². The molecule has 3 rings (SSSR count). The number of aryl methyl sites for hydroxylation is 1. The van der Waals surface area contributed by atoms with Gasteiger partial charge in [-0.15, -0.1) is 0 Å². The third kappa shape index (κ3) is 5.81. The highest BCUT2D eigenvalue weighted by Crippen LogP contribution is 2.35. The molecule has 152 valence electrons. The van der Waals surface area contributed by atoms with Crippen molar-refractivity contribution in [2.75, 3.05) is 6.54 Å². The number of phenols is 1. The Labute approximate surface area is 172 Å². The fourth-order valence-electron chi connectivity index (χ4n) is 3.38. The largest absolute Gasteiger partial charge is 0.504 e. The van der Waals surface area contributed by atoms with E-state index in [2.05, 4.69) is 42.6 Å². The van der Waals surface area contributed by atoms with Crippen molar-refractivity contribution in [2.45, 2.75) is 45.6 Å². The van der Waals surface area contributed by atoms with E-state index in [9.17, 15) is 9.90 Å². The van der Waals surface area contributed by atoms with Gasteiger partial charge >= 0.3 is 5.97 Å². The molecule has 0 fully saturated rings. The standard InChI is InChI=1S/C25H29NO3/c1-3-24(28)29-25-22-13-11-20(17-21(22)12-14-23(25)27)15-16-26-18(2)9-10-19-7-5-4-6-8-19/h4-8,11-14,17-18,26-27H,3,9-10,15-16H2,1-2H3. The lowest BCUT2D eigenvalue weighted by molar-refractivity contribution is -0.134. The summed E-state index contributed by atoms with van der Waals surface area (Å²) in [5.74, 6) is -0.125. The number of phenolic OH excluding ortho intramolecular Hbond substituents is 1. The van der Waals surface area contributed by atoms with Crippen LogP contribution in [0.25, 0.3) is 10.8 Å². The van der Waals surface area contributed by atoms with E-state index in [0.717, 1.165) is 36.6 Å². The lowest BCUT2D eigenvalue weighted by Crippen LogP contribution is -2.28. The molecule has 0 aromatic heterocycles. The Hall–Kier alpha value is -2.85. The molecular weight excluding hydrogens is 362 g/mol. The Balaban J connectivity index is 1.56. The second kappa shape index (κ2) is 10.1. The molecule has 0 aliphatic heterocycles. The number of hydrogen-bond acceptors (Lipinski definition) is 4. The lowest BCUT2D eigenvalue weighted by Gasteiger charge is -2.14. The van der Waals surface area contributed by atoms with Gasteiger partial charge in [0.1, 0.15) is 0 Å². The fraction of sp³-hybridized carbons (Fsp3) is 0.320. The zero-order valence-corrected chi connectivity index (χ0v) is 17.2. The fourth-order valence-corrected chi connectivity index (χ4v) is 3.38. The average Bonchev–Trinajstić information content (AvgIpc) is 2.75. The lowest BCUT2D eigenvalue weighted by atomic mass is 10.0. The summed E-state index contributed by atoms with van der Waals surface area (Å²) in [5.41, 5.74) is 2.58. The van der Waals surface area contributed by atoms with Crippen LogP contribution in [0.1, 0.15) is 37.8 Å². The number of rotatable bonds is 9. The summed E-state index contributed by atoms with van der Waals surface area (Å²) >= 11 is 0. The zero-order valence-electron chi connectivity index (χ0n) is 17.2. The molecule has 29 heavy (non-hydrogen) atoms. The molecule has 0 saturated carbocycles. The van der Waals surface area contributed by atoms with Crippen molar-refractivity contribution in [2.24, 2.45) is 0 Å². The van der Waals surface area contributed by atoms with Crippen molar-refractivity contribution >= 4 is 16.7 Å². The maximum atomic E-state index is 11.7. The van der Waals surface area contributed by atoms with E-state index in [-0.39, 0.29) is 23.9 Å². The molecule has 0 amide bonds. The van der Waals surface area contributed by atoms with Crippen LogP contribution in [-0.2, 0) is 17.6 Å². The molecule has 1 unspecified atom stereocenters. The first kappa shape index (κ1) is 20.9. The predicted molar refractivity (Wildman–Crippen MR) is 117 cm³/mol. The Morgan fingerprint density at radius 2 is 1.83 bits per heavy atom. The highest BCUT2D eigenvalue weighted by atomic mass is 16.5. The smallest absolute Gasteiger partial charge is 0.311 e. The number of carbonyl (C=O) groups is 1. The van der Waals surface area contributed by atoms with E-state index >= 15 is 0 Å². The van der Waals surface area contributed by atoms with E-state index < -0.39 is 0 Å². The normalized spacial score (nSPS) is 12.1. The summed E-state index contributed by atoms with van der Waals surface area (Å²) in [6.07, 6.45) is 3.36. The number of ether oxygens (including phenoxy) is 1. The van der Waals surface area contributed by atoms with E-state index in [0.29, 0.717) is 6.04 Å². The minimum Gasteiger partial charge on any atom is -0.504 e. The Morgan fingerprint density at radius 3 is 2.59 bits per heavy atom. The summed E-state index contributed by atoms with van der Waals surface area (Å²) in [6, 6.07) is 20.5. The third-order valence-corrected chi connectivity index (χ3v) is 5.13. The molecule has 0 saturated heterocycles. The highest BCUT2D eigenvalue weighted by Gasteiger charge is 2.12. The van der Waals surface area contributed by atoms with Crippen molar-refractivity contribution in [1.29, 1.82) is 0 Å². The first-order valence-corrected chi connectivity index (χ1v) is 10.3. The number of hydrogen-bond donors (Lipinski definition) is 2. The number of aromatic hydroxyl groups is 1. The van der Waals surface area contributed by atoms with Gasteiger partial charge in [0.15, 0.2) is 11.5 Å². The molecule has 0 heterocycles.